The Hall–Kier alpha value is -5.36. The zero-order valence-electron chi connectivity index (χ0n) is 27.5. The number of thiophene rings is 1. The van der Waals surface area contributed by atoms with Gasteiger partial charge in [0.2, 0.25) is 0 Å². The molecule has 12 heteroatoms. The average Bonchev–Trinajstić information content (AvgIpc) is 3.98. The van der Waals surface area contributed by atoms with Gasteiger partial charge in [0.15, 0.2) is 0 Å². The van der Waals surface area contributed by atoms with E-state index in [9.17, 15) is 9.18 Å². The van der Waals surface area contributed by atoms with Crippen molar-refractivity contribution >= 4 is 33.1 Å². The summed E-state index contributed by atoms with van der Waals surface area (Å²) in [5.74, 6) is 1.61. The lowest BCUT2D eigenvalue weighted by Crippen LogP contribution is -2.22. The number of anilines is 1. The lowest BCUT2D eigenvalue weighted by atomic mass is 9.93. The van der Waals surface area contributed by atoms with E-state index in [-0.39, 0.29) is 35.7 Å². The topological polar surface area (TPSA) is 116 Å². The summed E-state index contributed by atoms with van der Waals surface area (Å²) in [6.07, 6.45) is 6.56. The van der Waals surface area contributed by atoms with Crippen LogP contribution in [0.5, 0.6) is 11.8 Å². The van der Waals surface area contributed by atoms with Gasteiger partial charge < -0.3 is 24.2 Å². The molecule has 50 heavy (non-hydrogen) atoms. The number of aryl methyl sites for hydroxylation is 2. The third kappa shape index (κ3) is 5.00. The molecule has 0 bridgehead atoms. The molecule has 252 valence electrons. The molecule has 2 aromatic carbocycles. The maximum Gasteiger partial charge on any atom is 0.354 e. The van der Waals surface area contributed by atoms with Crippen molar-refractivity contribution in [3.63, 3.8) is 0 Å². The molecule has 9 rings (SSSR count). The molecule has 1 saturated heterocycles. The number of ether oxygens (including phenoxy) is 2. The van der Waals surface area contributed by atoms with Crippen LogP contribution in [0.2, 0.25) is 0 Å². The molecule has 2 atom stereocenters. The minimum atomic E-state index is -0.282. The first kappa shape index (κ1) is 30.7. The number of rotatable bonds is 9. The highest BCUT2D eigenvalue weighted by Gasteiger charge is 2.45. The Morgan fingerprint density at radius 2 is 1.90 bits per heavy atom. The van der Waals surface area contributed by atoms with Crippen molar-refractivity contribution in [3.8, 4) is 33.7 Å². The maximum absolute atomic E-state index is 14.3. The number of carbonyl (C=O) groups is 1. The van der Waals surface area contributed by atoms with E-state index in [1.54, 1.807) is 30.6 Å². The molecular formula is C38H33FN6O4S. The summed E-state index contributed by atoms with van der Waals surface area (Å²) < 4.78 is 31.5. The molecule has 10 nitrogen and oxygen atoms in total. The second-order valence-corrected chi connectivity index (χ2v) is 13.9. The van der Waals surface area contributed by atoms with Crippen molar-refractivity contribution in [1.29, 1.82) is 0 Å². The van der Waals surface area contributed by atoms with Crippen LogP contribution in [-0.4, -0.2) is 51.7 Å². The lowest BCUT2D eigenvalue weighted by Gasteiger charge is -2.16. The van der Waals surface area contributed by atoms with Gasteiger partial charge in [0.1, 0.15) is 17.4 Å². The minimum Gasteiger partial charge on any atom is -0.496 e. The van der Waals surface area contributed by atoms with Crippen molar-refractivity contribution < 1.29 is 23.2 Å². The molecule has 1 aliphatic carbocycles. The molecule has 4 aromatic heterocycles. The Labute approximate surface area is 291 Å². The molecule has 1 fully saturated rings. The third-order valence-corrected chi connectivity index (χ3v) is 11.3. The summed E-state index contributed by atoms with van der Waals surface area (Å²) >= 11 is 1.58. The van der Waals surface area contributed by atoms with Crippen LogP contribution in [0.1, 0.15) is 69.8 Å². The normalized spacial score (nSPS) is 17.7. The van der Waals surface area contributed by atoms with Crippen molar-refractivity contribution in [2.45, 2.75) is 50.6 Å². The fourth-order valence-corrected chi connectivity index (χ4v) is 9.00. The molecule has 3 aliphatic rings. The molecule has 0 saturated carbocycles. The molecule has 1 N–H and O–H groups in total. The second kappa shape index (κ2) is 12.2. The number of fused-ring (bicyclic) bond motifs is 5. The first-order chi connectivity index (χ1) is 24.5. The highest BCUT2D eigenvalue weighted by Crippen LogP contribution is 2.51. The maximum atomic E-state index is 14.3. The van der Waals surface area contributed by atoms with E-state index < -0.39 is 0 Å². The van der Waals surface area contributed by atoms with E-state index in [2.05, 4.69) is 27.6 Å². The van der Waals surface area contributed by atoms with E-state index in [4.69, 9.17) is 24.0 Å². The number of pyridine rings is 2. The van der Waals surface area contributed by atoms with Gasteiger partial charge in [0.25, 0.3) is 11.8 Å². The zero-order chi connectivity index (χ0) is 33.9. The van der Waals surface area contributed by atoms with E-state index in [1.807, 2.05) is 29.3 Å². The molecule has 2 aliphatic heterocycles. The van der Waals surface area contributed by atoms with E-state index >= 15 is 0 Å². The van der Waals surface area contributed by atoms with Crippen LogP contribution < -0.4 is 14.8 Å². The van der Waals surface area contributed by atoms with Crippen LogP contribution in [0, 0.1) is 5.82 Å². The van der Waals surface area contributed by atoms with Crippen LogP contribution in [0.3, 0.4) is 0 Å². The number of amides is 1. The molecule has 0 spiro atoms. The Balaban J connectivity index is 1.21. The number of benzene rings is 2. The first-order valence-corrected chi connectivity index (χ1v) is 17.6. The Bertz CT molecular complexity index is 2290. The quantitative estimate of drug-likeness (QED) is 0.163. The van der Waals surface area contributed by atoms with Gasteiger partial charge >= 0.3 is 6.01 Å². The fraction of sp³-hybridized carbons (Fsp3) is 0.289. The van der Waals surface area contributed by atoms with Gasteiger partial charge in [-0.2, -0.15) is 4.98 Å². The van der Waals surface area contributed by atoms with Gasteiger partial charge in [0.05, 0.1) is 53.5 Å². The highest BCUT2D eigenvalue weighted by atomic mass is 32.1. The average molecular weight is 689 g/mol. The Morgan fingerprint density at radius 3 is 2.72 bits per heavy atom. The Kier molecular flexibility index (Phi) is 7.49. The van der Waals surface area contributed by atoms with Gasteiger partial charge in [0, 0.05) is 23.2 Å². The monoisotopic (exact) mass is 688 g/mol. The van der Waals surface area contributed by atoms with Crippen LogP contribution in [0.25, 0.3) is 32.0 Å². The van der Waals surface area contributed by atoms with Crippen LogP contribution in [0.4, 0.5) is 10.2 Å². The fourth-order valence-electron chi connectivity index (χ4n) is 7.83. The van der Waals surface area contributed by atoms with Gasteiger partial charge in [-0.3, -0.25) is 9.78 Å². The summed E-state index contributed by atoms with van der Waals surface area (Å²) in [5, 5.41) is 8.77. The largest absolute Gasteiger partial charge is 0.496 e. The highest BCUT2D eigenvalue weighted by molar-refractivity contribution is 7.23. The van der Waals surface area contributed by atoms with Gasteiger partial charge in [-0.05, 0) is 96.1 Å². The van der Waals surface area contributed by atoms with Crippen molar-refractivity contribution in [3.05, 3.63) is 100 Å². The van der Waals surface area contributed by atoms with Gasteiger partial charge in [-0.25, -0.2) is 9.37 Å². The molecule has 1 amide bonds. The summed E-state index contributed by atoms with van der Waals surface area (Å²) in [5.41, 5.74) is 6.87. The van der Waals surface area contributed by atoms with Gasteiger partial charge in [-0.15, -0.1) is 11.3 Å². The predicted octanol–water partition coefficient (Wildman–Crippen LogP) is 7.74. The number of nitrogens with zero attached hydrogens (tertiary/aromatic N) is 5. The number of halogens is 1. The number of methoxy groups -OCH3 is 2. The van der Waals surface area contributed by atoms with Crippen molar-refractivity contribution in [2.75, 3.05) is 26.1 Å². The first-order valence-electron chi connectivity index (χ1n) is 16.8. The van der Waals surface area contributed by atoms with E-state index in [0.29, 0.717) is 30.5 Å². The summed E-state index contributed by atoms with van der Waals surface area (Å²) in [7, 11) is 3.19. The molecular weight excluding hydrogens is 656 g/mol. The second-order valence-electron chi connectivity index (χ2n) is 12.9. The minimum absolute atomic E-state index is 0.0340. The van der Waals surface area contributed by atoms with Crippen LogP contribution in [-0.2, 0) is 19.3 Å². The number of aromatic nitrogens is 4. The SMILES string of the molecule is COc1noc(-c2c(CCc3ccc(F)cc3)nc3c(c2-c2cc4ccnc(N[C@@H]5CCc6c(OC)cccc65)c4s2)C(=O)N2CCCC32)n1. The summed E-state index contributed by atoms with van der Waals surface area (Å²) in [6, 6.07) is 16.9. The summed E-state index contributed by atoms with van der Waals surface area (Å²) in [4.78, 5) is 31.7. The molecule has 6 heterocycles. The Morgan fingerprint density at radius 1 is 1.02 bits per heavy atom. The van der Waals surface area contributed by atoms with Crippen LogP contribution >= 0.6 is 11.3 Å². The smallest absolute Gasteiger partial charge is 0.354 e. The summed E-state index contributed by atoms with van der Waals surface area (Å²) in [6.45, 7) is 0.686. The standard InChI is InChI=1S/C38H33FN6O4S/c1-47-28-7-3-5-23-24(28)13-15-25(23)42-35-34-21(16-17-40-35)19-29(50-34)31-30(36-43-38(48-2)44-49-36)26(14-10-20-8-11-22(39)12-9-20)41-33-27-6-4-18-45(27)37(46)32(31)33/h3,5,7-9,11-12,16-17,19,25,27H,4,6,10,13-15,18H2,1-2H3,(H,40,42)/t25-,27?/m1/s1. The van der Waals surface area contributed by atoms with Crippen molar-refractivity contribution in [2.24, 2.45) is 0 Å². The van der Waals surface area contributed by atoms with Crippen LogP contribution in [0.15, 0.2) is 65.3 Å². The van der Waals surface area contributed by atoms with Gasteiger partial charge in [-0.1, -0.05) is 24.3 Å². The molecule has 1 unspecified atom stereocenters. The van der Waals surface area contributed by atoms with Crippen molar-refractivity contribution in [1.82, 2.24) is 25.0 Å². The predicted molar refractivity (Wildman–Crippen MR) is 187 cm³/mol. The van der Waals surface area contributed by atoms with E-state index in [1.165, 1.54) is 30.4 Å². The lowest BCUT2D eigenvalue weighted by molar-refractivity contribution is 0.0776. The zero-order valence-corrected chi connectivity index (χ0v) is 28.3. The number of nitrogens with one attached hydrogen (secondary N) is 1. The number of hydrogen-bond acceptors (Lipinski definition) is 10. The molecule has 0 radical (unpaired) electrons. The van der Waals surface area contributed by atoms with E-state index in [0.717, 1.165) is 74.7 Å². The number of hydrogen-bond donors (Lipinski definition) is 1. The number of carbonyl (C=O) groups excluding carboxylic acids is 1. The third-order valence-electron chi connectivity index (χ3n) is 10.1. The molecule has 6 aromatic rings.